The zero-order chi connectivity index (χ0) is 13.8. The first-order valence-electron chi connectivity index (χ1n) is 5.14. The molecular weight excluding hydrogens is 245 g/mol. The van der Waals surface area contributed by atoms with Gasteiger partial charge in [-0.1, -0.05) is 36.3 Å². The van der Waals surface area contributed by atoms with Gasteiger partial charge in [-0.05, 0) is 12.5 Å². The normalized spacial score (nSPS) is 14.4. The van der Waals surface area contributed by atoms with Crippen LogP contribution in [0.2, 0.25) is 0 Å². The van der Waals surface area contributed by atoms with Gasteiger partial charge in [0.05, 0.1) is 0 Å². The van der Waals surface area contributed by atoms with Gasteiger partial charge in [0.2, 0.25) is 5.92 Å². The summed E-state index contributed by atoms with van der Waals surface area (Å²) in [5.74, 6) is -2.58. The van der Waals surface area contributed by atoms with Crippen molar-refractivity contribution in [1.82, 2.24) is 0 Å². The third kappa shape index (κ3) is 3.52. The molecule has 0 N–H and O–H groups in total. The molecule has 96 valence electrons. The SMILES string of the molecule is C#CC(C(=O)OC(C)c1ccccc1)C(F)(F)F. The Morgan fingerprint density at radius 1 is 1.33 bits per heavy atom. The van der Waals surface area contributed by atoms with E-state index >= 15 is 0 Å². The fourth-order valence-electron chi connectivity index (χ4n) is 1.33. The molecule has 0 bridgehead atoms. The van der Waals surface area contributed by atoms with Gasteiger partial charge in [-0.3, -0.25) is 4.79 Å². The third-order valence-corrected chi connectivity index (χ3v) is 2.29. The molecule has 2 atom stereocenters. The molecule has 0 aromatic heterocycles. The minimum absolute atomic E-state index is 0.601. The van der Waals surface area contributed by atoms with Crippen LogP contribution in [0.1, 0.15) is 18.6 Å². The number of alkyl halides is 3. The van der Waals surface area contributed by atoms with Crippen LogP contribution in [0, 0.1) is 18.3 Å². The highest BCUT2D eigenvalue weighted by Gasteiger charge is 2.45. The fourth-order valence-corrected chi connectivity index (χ4v) is 1.33. The summed E-state index contributed by atoms with van der Waals surface area (Å²) in [5, 5.41) is 0. The van der Waals surface area contributed by atoms with Crippen molar-refractivity contribution in [3.05, 3.63) is 35.9 Å². The van der Waals surface area contributed by atoms with Crippen molar-refractivity contribution in [3.63, 3.8) is 0 Å². The van der Waals surface area contributed by atoms with Gasteiger partial charge < -0.3 is 4.74 Å². The Morgan fingerprint density at radius 2 is 1.89 bits per heavy atom. The smallest absolute Gasteiger partial charge is 0.412 e. The Kier molecular flexibility index (Phi) is 4.38. The van der Waals surface area contributed by atoms with E-state index in [4.69, 9.17) is 11.2 Å². The van der Waals surface area contributed by atoms with Gasteiger partial charge in [0.25, 0.3) is 0 Å². The van der Waals surface area contributed by atoms with Crippen LogP contribution in [0.3, 0.4) is 0 Å². The number of rotatable bonds is 3. The molecule has 1 aromatic carbocycles. The largest absolute Gasteiger partial charge is 0.457 e. The van der Waals surface area contributed by atoms with Gasteiger partial charge in [-0.2, -0.15) is 13.2 Å². The number of hydrogen-bond acceptors (Lipinski definition) is 2. The zero-order valence-corrected chi connectivity index (χ0v) is 9.57. The second-order valence-electron chi connectivity index (χ2n) is 3.63. The maximum Gasteiger partial charge on any atom is 0.412 e. The van der Waals surface area contributed by atoms with Gasteiger partial charge in [0.15, 0.2) is 0 Å². The van der Waals surface area contributed by atoms with Crippen LogP contribution in [0.4, 0.5) is 13.2 Å². The van der Waals surface area contributed by atoms with E-state index in [1.807, 2.05) is 0 Å². The van der Waals surface area contributed by atoms with Crippen LogP contribution in [0.15, 0.2) is 30.3 Å². The molecule has 0 aliphatic heterocycles. The average Bonchev–Trinajstić information content (AvgIpc) is 2.29. The maximum absolute atomic E-state index is 12.4. The van der Waals surface area contributed by atoms with Gasteiger partial charge in [0, 0.05) is 0 Å². The summed E-state index contributed by atoms with van der Waals surface area (Å²) in [6.45, 7) is 1.48. The van der Waals surface area contributed by atoms with E-state index in [9.17, 15) is 18.0 Å². The van der Waals surface area contributed by atoms with E-state index in [1.54, 1.807) is 30.3 Å². The summed E-state index contributed by atoms with van der Waals surface area (Å²) in [6, 6.07) is 8.44. The number of hydrogen-bond donors (Lipinski definition) is 0. The van der Waals surface area contributed by atoms with Crippen LogP contribution in [0.25, 0.3) is 0 Å². The molecule has 1 rings (SSSR count). The third-order valence-electron chi connectivity index (χ3n) is 2.29. The Balaban J connectivity index is 2.74. The van der Waals surface area contributed by atoms with Crippen molar-refractivity contribution in [1.29, 1.82) is 0 Å². The van der Waals surface area contributed by atoms with Crippen molar-refractivity contribution in [2.45, 2.75) is 19.2 Å². The monoisotopic (exact) mass is 256 g/mol. The van der Waals surface area contributed by atoms with E-state index in [1.165, 1.54) is 12.8 Å². The van der Waals surface area contributed by atoms with Crippen molar-refractivity contribution in [2.24, 2.45) is 5.92 Å². The van der Waals surface area contributed by atoms with E-state index in [0.29, 0.717) is 5.56 Å². The van der Waals surface area contributed by atoms with Gasteiger partial charge in [0.1, 0.15) is 6.10 Å². The van der Waals surface area contributed by atoms with Crippen LogP contribution >= 0.6 is 0 Å². The van der Waals surface area contributed by atoms with Crippen molar-refractivity contribution in [3.8, 4) is 12.3 Å². The highest BCUT2D eigenvalue weighted by molar-refractivity contribution is 5.76. The first-order chi connectivity index (χ1) is 8.36. The number of esters is 1. The molecule has 0 amide bonds. The highest BCUT2D eigenvalue weighted by Crippen LogP contribution is 2.28. The first kappa shape index (κ1) is 14.1. The molecule has 0 fully saturated rings. The number of carbonyl (C=O) groups is 1. The summed E-state index contributed by atoms with van der Waals surface area (Å²) in [4.78, 5) is 11.3. The molecule has 2 unspecified atom stereocenters. The van der Waals surface area contributed by atoms with E-state index in [2.05, 4.69) is 0 Å². The predicted molar refractivity (Wildman–Crippen MR) is 59.3 cm³/mol. The molecule has 0 saturated heterocycles. The Hall–Kier alpha value is -1.96. The molecule has 18 heavy (non-hydrogen) atoms. The number of benzene rings is 1. The minimum Gasteiger partial charge on any atom is -0.457 e. The molecular formula is C13H11F3O2. The molecule has 0 aliphatic rings. The molecule has 0 heterocycles. The molecule has 0 aliphatic carbocycles. The lowest BCUT2D eigenvalue weighted by Gasteiger charge is -2.18. The molecule has 5 heteroatoms. The second kappa shape index (κ2) is 5.58. The van der Waals surface area contributed by atoms with Crippen molar-refractivity contribution in [2.75, 3.05) is 0 Å². The molecule has 0 saturated carbocycles. The van der Waals surface area contributed by atoms with Crippen LogP contribution in [-0.4, -0.2) is 12.1 Å². The summed E-state index contributed by atoms with van der Waals surface area (Å²) in [5.41, 5.74) is 0.601. The Morgan fingerprint density at radius 3 is 2.33 bits per heavy atom. The number of ether oxygens (including phenoxy) is 1. The Labute approximate surface area is 103 Å². The number of halogens is 3. The maximum atomic E-state index is 12.4. The summed E-state index contributed by atoms with van der Waals surface area (Å²) >= 11 is 0. The zero-order valence-electron chi connectivity index (χ0n) is 9.57. The number of carbonyl (C=O) groups excluding carboxylic acids is 1. The lowest BCUT2D eigenvalue weighted by molar-refractivity contribution is -0.189. The van der Waals surface area contributed by atoms with Gasteiger partial charge >= 0.3 is 12.1 Å². The standard InChI is InChI=1S/C13H11F3O2/c1-3-11(13(14,15)16)12(17)18-9(2)10-7-5-4-6-8-10/h1,4-9,11H,2H3. The van der Waals surface area contributed by atoms with E-state index < -0.39 is 24.2 Å². The van der Waals surface area contributed by atoms with Crippen LogP contribution < -0.4 is 0 Å². The Bertz CT molecular complexity index is 446. The summed E-state index contributed by atoms with van der Waals surface area (Å²) in [7, 11) is 0. The molecule has 0 radical (unpaired) electrons. The minimum atomic E-state index is -4.79. The fraction of sp³-hybridized carbons (Fsp3) is 0.308. The first-order valence-corrected chi connectivity index (χ1v) is 5.14. The highest BCUT2D eigenvalue weighted by atomic mass is 19.4. The van der Waals surface area contributed by atoms with Crippen molar-refractivity contribution >= 4 is 5.97 Å². The number of terminal acetylenes is 1. The predicted octanol–water partition coefficient (Wildman–Crippen LogP) is 3.10. The quantitative estimate of drug-likeness (QED) is 0.613. The summed E-state index contributed by atoms with van der Waals surface area (Å²) in [6.07, 6.45) is -0.867. The second-order valence-corrected chi connectivity index (χ2v) is 3.63. The van der Waals surface area contributed by atoms with Gasteiger partial charge in [-0.15, -0.1) is 6.42 Å². The lowest BCUT2D eigenvalue weighted by Crippen LogP contribution is -2.31. The van der Waals surface area contributed by atoms with Gasteiger partial charge in [-0.25, -0.2) is 0 Å². The topological polar surface area (TPSA) is 26.3 Å². The molecule has 2 nitrogen and oxygen atoms in total. The molecule has 0 spiro atoms. The summed E-state index contributed by atoms with van der Waals surface area (Å²) < 4.78 is 41.9. The van der Waals surface area contributed by atoms with Crippen LogP contribution in [0.5, 0.6) is 0 Å². The molecule has 1 aromatic rings. The van der Waals surface area contributed by atoms with Crippen LogP contribution in [-0.2, 0) is 9.53 Å². The van der Waals surface area contributed by atoms with E-state index in [-0.39, 0.29) is 0 Å². The van der Waals surface area contributed by atoms with Crippen molar-refractivity contribution < 1.29 is 22.7 Å². The lowest BCUT2D eigenvalue weighted by atomic mass is 10.1. The average molecular weight is 256 g/mol. The van der Waals surface area contributed by atoms with E-state index in [0.717, 1.165) is 0 Å².